The molecule has 0 bridgehead atoms. The molecule has 0 saturated heterocycles. The van der Waals surface area contributed by atoms with Gasteiger partial charge >= 0.3 is 0 Å². The zero-order chi connectivity index (χ0) is 14.1. The highest BCUT2D eigenvalue weighted by atomic mass is 19.1. The third-order valence-electron chi connectivity index (χ3n) is 2.82. The first-order valence-electron chi connectivity index (χ1n) is 6.05. The Kier molecular flexibility index (Phi) is 2.95. The van der Waals surface area contributed by atoms with Crippen molar-refractivity contribution in [2.45, 2.75) is 6.92 Å². The van der Waals surface area contributed by atoms with Crippen molar-refractivity contribution in [3.63, 3.8) is 0 Å². The minimum atomic E-state index is -0.348. The summed E-state index contributed by atoms with van der Waals surface area (Å²) in [5.41, 5.74) is 1.24. The fraction of sp³-hybridized carbons (Fsp3) is 0.0667. The average molecular weight is 270 g/mol. The highest BCUT2D eigenvalue weighted by Gasteiger charge is 2.05. The Hall–Kier alpha value is -2.69. The molecule has 0 N–H and O–H groups in total. The lowest BCUT2D eigenvalue weighted by Crippen LogP contribution is -2.14. The van der Waals surface area contributed by atoms with Crippen LogP contribution in [0.5, 0.6) is 11.6 Å². The number of halogens is 1. The molecule has 5 heteroatoms. The van der Waals surface area contributed by atoms with Crippen molar-refractivity contribution in [3.05, 3.63) is 70.4 Å². The van der Waals surface area contributed by atoms with Crippen LogP contribution in [0.15, 0.2) is 53.5 Å². The van der Waals surface area contributed by atoms with Gasteiger partial charge in [0.1, 0.15) is 17.2 Å². The fourth-order valence-corrected chi connectivity index (χ4v) is 1.86. The van der Waals surface area contributed by atoms with E-state index in [2.05, 4.69) is 4.98 Å². The van der Waals surface area contributed by atoms with E-state index in [0.717, 1.165) is 5.56 Å². The van der Waals surface area contributed by atoms with Gasteiger partial charge in [-0.1, -0.05) is 6.07 Å². The van der Waals surface area contributed by atoms with E-state index < -0.39 is 0 Å². The van der Waals surface area contributed by atoms with Crippen LogP contribution in [0.2, 0.25) is 0 Å². The topological polar surface area (TPSA) is 43.6 Å². The van der Waals surface area contributed by atoms with E-state index in [1.54, 1.807) is 12.3 Å². The largest absolute Gasteiger partial charge is 0.439 e. The van der Waals surface area contributed by atoms with Gasteiger partial charge in [-0.05, 0) is 42.8 Å². The molecule has 0 unspecified atom stereocenters. The van der Waals surface area contributed by atoms with Crippen molar-refractivity contribution in [2.24, 2.45) is 0 Å². The Bertz CT molecular complexity index is 825. The summed E-state index contributed by atoms with van der Waals surface area (Å²) in [6, 6.07) is 10.4. The predicted molar refractivity (Wildman–Crippen MR) is 72.7 cm³/mol. The van der Waals surface area contributed by atoms with Gasteiger partial charge in [-0.25, -0.2) is 4.39 Å². The number of ether oxygens (including phenoxy) is 1. The summed E-state index contributed by atoms with van der Waals surface area (Å²) in [6.07, 6.45) is 1.71. The first-order valence-corrected chi connectivity index (χ1v) is 6.05. The lowest BCUT2D eigenvalue weighted by Gasteiger charge is -2.06. The van der Waals surface area contributed by atoms with Crippen molar-refractivity contribution in [3.8, 4) is 11.6 Å². The van der Waals surface area contributed by atoms with Gasteiger partial charge in [0.25, 0.3) is 5.56 Å². The summed E-state index contributed by atoms with van der Waals surface area (Å²) < 4.78 is 19.7. The monoisotopic (exact) mass is 270 g/mol. The molecule has 0 saturated carbocycles. The van der Waals surface area contributed by atoms with Crippen LogP contribution in [0.25, 0.3) is 5.65 Å². The first kappa shape index (κ1) is 12.3. The van der Waals surface area contributed by atoms with Crippen LogP contribution in [-0.2, 0) is 0 Å². The summed E-state index contributed by atoms with van der Waals surface area (Å²) in [5, 5.41) is 0. The van der Waals surface area contributed by atoms with E-state index in [9.17, 15) is 9.18 Å². The van der Waals surface area contributed by atoms with Crippen LogP contribution in [0, 0.1) is 12.7 Å². The minimum absolute atomic E-state index is 0.186. The molecule has 0 radical (unpaired) electrons. The third-order valence-corrected chi connectivity index (χ3v) is 2.82. The van der Waals surface area contributed by atoms with E-state index in [4.69, 9.17) is 4.74 Å². The second-order valence-electron chi connectivity index (χ2n) is 4.42. The molecule has 0 fully saturated rings. The molecule has 4 nitrogen and oxygen atoms in total. The highest BCUT2D eigenvalue weighted by molar-refractivity contribution is 5.42. The molecular weight excluding hydrogens is 259 g/mol. The zero-order valence-corrected chi connectivity index (χ0v) is 10.7. The molecule has 1 aromatic carbocycles. The maximum absolute atomic E-state index is 12.8. The van der Waals surface area contributed by atoms with Crippen molar-refractivity contribution in [1.82, 2.24) is 9.38 Å². The minimum Gasteiger partial charge on any atom is -0.439 e. The first-order chi connectivity index (χ1) is 9.61. The number of aromatic nitrogens is 2. The lowest BCUT2D eigenvalue weighted by atomic mass is 10.3. The number of hydrogen-bond donors (Lipinski definition) is 0. The second kappa shape index (κ2) is 4.77. The number of nitrogens with zero attached hydrogens (tertiary/aromatic N) is 2. The summed E-state index contributed by atoms with van der Waals surface area (Å²) in [6.45, 7) is 1.90. The summed E-state index contributed by atoms with van der Waals surface area (Å²) in [5.74, 6) is 0.264. The molecule has 20 heavy (non-hydrogen) atoms. The summed E-state index contributed by atoms with van der Waals surface area (Å²) in [7, 11) is 0. The van der Waals surface area contributed by atoms with Crippen molar-refractivity contribution >= 4 is 5.65 Å². The molecule has 100 valence electrons. The van der Waals surface area contributed by atoms with Gasteiger partial charge < -0.3 is 4.74 Å². The zero-order valence-electron chi connectivity index (χ0n) is 10.7. The van der Waals surface area contributed by atoms with E-state index in [0.29, 0.717) is 11.4 Å². The average Bonchev–Trinajstić information content (AvgIpc) is 2.42. The number of aryl methyl sites for hydroxylation is 1. The van der Waals surface area contributed by atoms with Crippen LogP contribution in [0.4, 0.5) is 4.39 Å². The number of pyridine rings is 1. The fourth-order valence-electron chi connectivity index (χ4n) is 1.86. The van der Waals surface area contributed by atoms with Crippen molar-refractivity contribution in [2.75, 3.05) is 0 Å². The molecular formula is C15H11FN2O2. The van der Waals surface area contributed by atoms with E-state index in [1.165, 1.54) is 34.7 Å². The lowest BCUT2D eigenvalue weighted by molar-refractivity contribution is 0.460. The predicted octanol–water partition coefficient (Wildman–Crippen LogP) is 2.93. The van der Waals surface area contributed by atoms with Gasteiger partial charge in [0.2, 0.25) is 5.88 Å². The van der Waals surface area contributed by atoms with Crippen LogP contribution in [0.3, 0.4) is 0 Å². The maximum atomic E-state index is 12.8. The molecule has 0 aliphatic carbocycles. The van der Waals surface area contributed by atoms with Gasteiger partial charge in [-0.2, -0.15) is 4.98 Å². The van der Waals surface area contributed by atoms with E-state index in [-0.39, 0.29) is 17.3 Å². The molecule has 0 atom stereocenters. The number of hydrogen-bond acceptors (Lipinski definition) is 3. The highest BCUT2D eigenvalue weighted by Crippen LogP contribution is 2.18. The Labute approximate surface area is 114 Å². The number of rotatable bonds is 2. The Morgan fingerprint density at radius 2 is 1.90 bits per heavy atom. The molecule has 0 aliphatic heterocycles. The number of fused-ring (bicyclic) bond motifs is 1. The maximum Gasteiger partial charge on any atom is 0.261 e. The standard InChI is InChI=1S/C15H11FN2O2/c1-10-2-7-13-17-14(8-15(19)18(13)9-10)20-12-5-3-11(16)4-6-12/h2-9H,1H3. The van der Waals surface area contributed by atoms with Gasteiger partial charge in [0.15, 0.2) is 0 Å². The molecule has 3 rings (SSSR count). The molecule has 0 amide bonds. The van der Waals surface area contributed by atoms with Crippen LogP contribution in [-0.4, -0.2) is 9.38 Å². The molecule has 0 aliphatic rings. The van der Waals surface area contributed by atoms with Crippen LogP contribution in [0.1, 0.15) is 5.56 Å². The molecule has 2 heterocycles. The Morgan fingerprint density at radius 3 is 2.65 bits per heavy atom. The summed E-state index contributed by atoms with van der Waals surface area (Å²) in [4.78, 5) is 16.2. The van der Waals surface area contributed by atoms with Crippen LogP contribution < -0.4 is 10.3 Å². The molecule has 0 spiro atoms. The third kappa shape index (κ3) is 2.38. The smallest absolute Gasteiger partial charge is 0.261 e. The second-order valence-corrected chi connectivity index (χ2v) is 4.42. The van der Waals surface area contributed by atoms with E-state index >= 15 is 0 Å². The van der Waals surface area contributed by atoms with E-state index in [1.807, 2.05) is 13.0 Å². The molecule has 2 aromatic heterocycles. The summed E-state index contributed by atoms with van der Waals surface area (Å²) >= 11 is 0. The van der Waals surface area contributed by atoms with Gasteiger partial charge in [-0.15, -0.1) is 0 Å². The van der Waals surface area contributed by atoms with Crippen molar-refractivity contribution in [1.29, 1.82) is 0 Å². The Morgan fingerprint density at radius 1 is 1.15 bits per heavy atom. The molecule has 3 aromatic rings. The normalized spacial score (nSPS) is 10.7. The van der Waals surface area contributed by atoms with Crippen molar-refractivity contribution < 1.29 is 9.13 Å². The quantitative estimate of drug-likeness (QED) is 0.719. The van der Waals surface area contributed by atoms with Gasteiger partial charge in [-0.3, -0.25) is 9.20 Å². The van der Waals surface area contributed by atoms with Gasteiger partial charge in [0, 0.05) is 6.20 Å². The Balaban J connectivity index is 2.02. The SMILES string of the molecule is Cc1ccc2nc(Oc3ccc(F)cc3)cc(=O)n2c1. The van der Waals surface area contributed by atoms with Crippen LogP contribution >= 0.6 is 0 Å². The number of benzene rings is 1. The van der Waals surface area contributed by atoms with Gasteiger partial charge in [0.05, 0.1) is 6.07 Å².